The van der Waals surface area contributed by atoms with Gasteiger partial charge in [0.1, 0.15) is 5.82 Å². The van der Waals surface area contributed by atoms with Gasteiger partial charge in [-0.05, 0) is 12.1 Å². The molecule has 2 atom stereocenters. The van der Waals surface area contributed by atoms with E-state index in [1.807, 2.05) is 29.2 Å². The summed E-state index contributed by atoms with van der Waals surface area (Å²) in [5, 5.41) is 18.9. The van der Waals surface area contributed by atoms with Crippen molar-refractivity contribution >= 4 is 11.0 Å². The van der Waals surface area contributed by atoms with Gasteiger partial charge in [-0.3, -0.25) is 4.90 Å². The molecule has 1 aliphatic heterocycles. The highest BCUT2D eigenvalue weighted by Gasteiger charge is 2.29. The number of nitrogens with zero attached hydrogens (tertiary/aromatic N) is 2. The number of benzene rings is 1. The molecule has 90 valence electrons. The molecule has 2 heterocycles. The SMILES string of the molecule is OC1CN(Cc2nc3ccccc3[nH]2)CC1O. The highest BCUT2D eigenvalue weighted by Crippen LogP contribution is 2.15. The van der Waals surface area contributed by atoms with Gasteiger partial charge in [-0.2, -0.15) is 0 Å². The van der Waals surface area contributed by atoms with Gasteiger partial charge in [0.2, 0.25) is 0 Å². The average Bonchev–Trinajstić information content (AvgIpc) is 2.83. The van der Waals surface area contributed by atoms with Crippen LogP contribution in [0.4, 0.5) is 0 Å². The lowest BCUT2D eigenvalue weighted by atomic mass is 10.3. The molecule has 0 bridgehead atoms. The zero-order chi connectivity index (χ0) is 11.8. The van der Waals surface area contributed by atoms with Crippen molar-refractivity contribution in [2.24, 2.45) is 0 Å². The van der Waals surface area contributed by atoms with Gasteiger partial charge in [0.15, 0.2) is 0 Å². The van der Waals surface area contributed by atoms with Crippen molar-refractivity contribution in [1.29, 1.82) is 0 Å². The van der Waals surface area contributed by atoms with Crippen LogP contribution in [0.15, 0.2) is 24.3 Å². The minimum Gasteiger partial charge on any atom is -0.389 e. The van der Waals surface area contributed by atoms with Gasteiger partial charge in [-0.25, -0.2) is 4.98 Å². The molecule has 1 aromatic heterocycles. The summed E-state index contributed by atoms with van der Waals surface area (Å²) in [5.41, 5.74) is 1.96. The second-order valence-electron chi connectivity index (χ2n) is 4.53. The van der Waals surface area contributed by atoms with Crippen LogP contribution < -0.4 is 0 Å². The molecule has 17 heavy (non-hydrogen) atoms. The highest BCUT2D eigenvalue weighted by atomic mass is 16.3. The maximum Gasteiger partial charge on any atom is 0.121 e. The standard InChI is InChI=1S/C12H15N3O2/c16-10-5-15(6-11(10)17)7-12-13-8-3-1-2-4-9(8)14-12/h1-4,10-11,16-17H,5-7H2,(H,13,14). The number of aliphatic hydroxyl groups excluding tert-OH is 2. The third kappa shape index (κ3) is 2.04. The Morgan fingerprint density at radius 1 is 1.24 bits per heavy atom. The smallest absolute Gasteiger partial charge is 0.121 e. The fourth-order valence-corrected chi connectivity index (χ4v) is 2.27. The van der Waals surface area contributed by atoms with Crippen molar-refractivity contribution in [3.05, 3.63) is 30.1 Å². The number of H-pyrrole nitrogens is 1. The monoisotopic (exact) mass is 233 g/mol. The first kappa shape index (κ1) is 10.7. The summed E-state index contributed by atoms with van der Waals surface area (Å²) in [6.07, 6.45) is -1.28. The number of nitrogens with one attached hydrogen (secondary N) is 1. The normalized spacial score (nSPS) is 25.8. The Balaban J connectivity index is 1.77. The summed E-state index contributed by atoms with van der Waals surface area (Å²) in [5.74, 6) is 0.868. The minimum atomic E-state index is -0.639. The van der Waals surface area contributed by atoms with E-state index in [2.05, 4.69) is 9.97 Å². The predicted octanol–water partition coefficient (Wildman–Crippen LogP) is 0.100. The van der Waals surface area contributed by atoms with Crippen molar-refractivity contribution in [1.82, 2.24) is 14.9 Å². The molecule has 5 nitrogen and oxygen atoms in total. The number of fused-ring (bicyclic) bond motifs is 1. The number of rotatable bonds is 2. The van der Waals surface area contributed by atoms with Crippen molar-refractivity contribution in [3.63, 3.8) is 0 Å². The Morgan fingerprint density at radius 3 is 2.65 bits per heavy atom. The third-order valence-corrected chi connectivity index (χ3v) is 3.15. The molecule has 0 saturated carbocycles. The van der Waals surface area contributed by atoms with Gasteiger partial charge in [0.25, 0.3) is 0 Å². The molecule has 1 fully saturated rings. The number of hydrogen-bond acceptors (Lipinski definition) is 4. The highest BCUT2D eigenvalue weighted by molar-refractivity contribution is 5.74. The molecular formula is C12H15N3O2. The maximum atomic E-state index is 9.46. The third-order valence-electron chi connectivity index (χ3n) is 3.15. The summed E-state index contributed by atoms with van der Waals surface area (Å²) in [4.78, 5) is 9.69. The van der Waals surface area contributed by atoms with Gasteiger partial charge in [0.05, 0.1) is 29.8 Å². The van der Waals surface area contributed by atoms with Gasteiger partial charge >= 0.3 is 0 Å². The van der Waals surface area contributed by atoms with Crippen LogP contribution in [0, 0.1) is 0 Å². The Kier molecular flexibility index (Phi) is 2.58. The van der Waals surface area contributed by atoms with Crippen molar-refractivity contribution in [2.75, 3.05) is 13.1 Å². The Hall–Kier alpha value is -1.43. The zero-order valence-corrected chi connectivity index (χ0v) is 9.37. The van der Waals surface area contributed by atoms with Crippen LogP contribution in [0.3, 0.4) is 0 Å². The number of para-hydroxylation sites is 2. The number of likely N-dealkylation sites (tertiary alicyclic amines) is 1. The molecular weight excluding hydrogens is 218 g/mol. The van der Waals surface area contributed by atoms with Crippen molar-refractivity contribution in [3.8, 4) is 0 Å². The molecule has 3 rings (SSSR count). The van der Waals surface area contributed by atoms with Crippen molar-refractivity contribution in [2.45, 2.75) is 18.8 Å². The van der Waals surface area contributed by atoms with E-state index in [9.17, 15) is 10.2 Å². The van der Waals surface area contributed by atoms with Crippen LogP contribution in [-0.4, -0.2) is 50.4 Å². The number of β-amino-alcohol motifs (C(OH)–C–C–N with tert-alkyl or cyclic N) is 2. The molecule has 0 radical (unpaired) electrons. The molecule has 3 N–H and O–H groups in total. The number of aromatic amines is 1. The fraction of sp³-hybridized carbons (Fsp3) is 0.417. The van der Waals surface area contributed by atoms with Gasteiger partial charge in [0, 0.05) is 13.1 Å². The molecule has 2 aromatic rings. The zero-order valence-electron chi connectivity index (χ0n) is 9.37. The van der Waals surface area contributed by atoms with E-state index >= 15 is 0 Å². The molecule has 1 aromatic carbocycles. The van der Waals surface area contributed by atoms with E-state index < -0.39 is 12.2 Å². The first-order chi connectivity index (χ1) is 8.22. The van der Waals surface area contributed by atoms with Crippen LogP contribution in [0.5, 0.6) is 0 Å². The predicted molar refractivity (Wildman–Crippen MR) is 63.4 cm³/mol. The molecule has 1 aliphatic rings. The van der Waals surface area contributed by atoms with Gasteiger partial charge < -0.3 is 15.2 Å². The van der Waals surface area contributed by atoms with E-state index in [0.717, 1.165) is 16.9 Å². The summed E-state index contributed by atoms with van der Waals surface area (Å²) < 4.78 is 0. The van der Waals surface area contributed by atoms with E-state index in [4.69, 9.17) is 0 Å². The first-order valence-electron chi connectivity index (χ1n) is 5.74. The van der Waals surface area contributed by atoms with Gasteiger partial charge in [-0.15, -0.1) is 0 Å². The quantitative estimate of drug-likeness (QED) is 0.688. The molecule has 1 saturated heterocycles. The molecule has 2 unspecified atom stereocenters. The lowest BCUT2D eigenvalue weighted by Crippen LogP contribution is -2.22. The molecule has 5 heteroatoms. The molecule has 0 spiro atoms. The second-order valence-corrected chi connectivity index (χ2v) is 4.53. The molecule has 0 aliphatic carbocycles. The summed E-state index contributed by atoms with van der Waals surface area (Å²) in [7, 11) is 0. The van der Waals surface area contributed by atoms with Crippen LogP contribution in [0.1, 0.15) is 5.82 Å². The van der Waals surface area contributed by atoms with E-state index in [1.165, 1.54) is 0 Å². The van der Waals surface area contributed by atoms with Crippen LogP contribution in [-0.2, 0) is 6.54 Å². The Bertz CT molecular complexity index is 482. The van der Waals surface area contributed by atoms with E-state index in [1.54, 1.807) is 0 Å². The summed E-state index contributed by atoms with van der Waals surface area (Å²) in [6, 6.07) is 7.87. The lowest BCUT2D eigenvalue weighted by Gasteiger charge is -2.11. The lowest BCUT2D eigenvalue weighted by molar-refractivity contribution is 0.0572. The number of aromatic nitrogens is 2. The number of hydrogen-bond donors (Lipinski definition) is 3. The topological polar surface area (TPSA) is 72.4 Å². The largest absolute Gasteiger partial charge is 0.389 e. The maximum absolute atomic E-state index is 9.46. The Morgan fingerprint density at radius 2 is 1.94 bits per heavy atom. The summed E-state index contributed by atoms with van der Waals surface area (Å²) >= 11 is 0. The number of aliphatic hydroxyl groups is 2. The summed E-state index contributed by atoms with van der Waals surface area (Å²) in [6.45, 7) is 1.62. The number of imidazole rings is 1. The average molecular weight is 233 g/mol. The van der Waals surface area contributed by atoms with E-state index in [-0.39, 0.29) is 0 Å². The first-order valence-corrected chi connectivity index (χ1v) is 5.74. The van der Waals surface area contributed by atoms with E-state index in [0.29, 0.717) is 19.6 Å². The van der Waals surface area contributed by atoms with Crippen molar-refractivity contribution < 1.29 is 10.2 Å². The Labute approximate surface area is 98.7 Å². The molecule has 0 amide bonds. The van der Waals surface area contributed by atoms with Gasteiger partial charge in [-0.1, -0.05) is 12.1 Å². The van der Waals surface area contributed by atoms with Crippen LogP contribution in [0.25, 0.3) is 11.0 Å². The second kappa shape index (κ2) is 4.10. The van der Waals surface area contributed by atoms with Crippen LogP contribution in [0.2, 0.25) is 0 Å². The fourth-order valence-electron chi connectivity index (χ4n) is 2.27. The van der Waals surface area contributed by atoms with Crippen LogP contribution >= 0.6 is 0 Å². The minimum absolute atomic E-state index is 0.498.